The van der Waals surface area contributed by atoms with E-state index in [0.29, 0.717) is 5.56 Å². The van der Waals surface area contributed by atoms with Crippen molar-refractivity contribution in [3.63, 3.8) is 0 Å². The van der Waals surface area contributed by atoms with Crippen LogP contribution in [-0.4, -0.2) is 20.7 Å². The Hall–Kier alpha value is -2.95. The number of rotatable bonds is 4. The summed E-state index contributed by atoms with van der Waals surface area (Å²) in [5.74, 6) is -0.147. The molecular formula is C17H16N4O. The molecule has 2 heterocycles. The van der Waals surface area contributed by atoms with E-state index in [1.165, 1.54) is 0 Å². The van der Waals surface area contributed by atoms with Crippen molar-refractivity contribution in [2.75, 3.05) is 0 Å². The maximum absolute atomic E-state index is 12.3. The Balaban J connectivity index is 1.72. The lowest BCUT2D eigenvalue weighted by Gasteiger charge is -2.13. The number of amides is 1. The van der Waals surface area contributed by atoms with Crippen LogP contribution in [0.2, 0.25) is 0 Å². The van der Waals surface area contributed by atoms with Crippen LogP contribution >= 0.6 is 0 Å². The van der Waals surface area contributed by atoms with Crippen LogP contribution in [0.5, 0.6) is 0 Å². The molecule has 0 bridgehead atoms. The topological polar surface area (TPSA) is 59.8 Å². The molecule has 0 aliphatic heterocycles. The number of aromatic nitrogens is 3. The Morgan fingerprint density at radius 1 is 1.14 bits per heavy atom. The lowest BCUT2D eigenvalue weighted by atomic mass is 10.1. The number of carbonyl (C=O) groups excluding carboxylic acids is 1. The van der Waals surface area contributed by atoms with E-state index in [4.69, 9.17) is 0 Å². The van der Waals surface area contributed by atoms with Gasteiger partial charge in [0.15, 0.2) is 0 Å². The standard InChI is InChI=1S/C17H16N4O/c1-13(14-7-9-18-10-8-14)20-17(22)15-11-19-21(12-15)16-5-3-2-4-6-16/h2-13H,1H3,(H,20,22)/t13-/m0/s1. The fraction of sp³-hybridized carbons (Fsp3) is 0.118. The van der Waals surface area contributed by atoms with Gasteiger partial charge in [-0.2, -0.15) is 5.10 Å². The van der Waals surface area contributed by atoms with Crippen molar-refractivity contribution in [1.29, 1.82) is 0 Å². The predicted molar refractivity (Wildman–Crippen MR) is 83.7 cm³/mol. The largest absolute Gasteiger partial charge is 0.345 e. The molecule has 5 heteroatoms. The first-order valence-corrected chi connectivity index (χ1v) is 7.05. The summed E-state index contributed by atoms with van der Waals surface area (Å²) in [6, 6.07) is 13.4. The average molecular weight is 292 g/mol. The third-order valence-corrected chi connectivity index (χ3v) is 3.42. The van der Waals surface area contributed by atoms with Crippen molar-refractivity contribution in [1.82, 2.24) is 20.1 Å². The molecule has 3 aromatic rings. The molecule has 0 aliphatic rings. The second-order valence-electron chi connectivity index (χ2n) is 4.98. The summed E-state index contributed by atoms with van der Waals surface area (Å²) < 4.78 is 1.69. The van der Waals surface area contributed by atoms with Crippen LogP contribution < -0.4 is 5.32 Å². The monoisotopic (exact) mass is 292 g/mol. The first kappa shape index (κ1) is 14.0. The predicted octanol–water partition coefficient (Wildman–Crippen LogP) is 2.76. The number of nitrogens with one attached hydrogen (secondary N) is 1. The highest BCUT2D eigenvalue weighted by atomic mass is 16.1. The fourth-order valence-electron chi connectivity index (χ4n) is 2.18. The van der Waals surface area contributed by atoms with Gasteiger partial charge in [-0.3, -0.25) is 9.78 Å². The molecule has 0 spiro atoms. The molecular weight excluding hydrogens is 276 g/mol. The minimum absolute atomic E-state index is 0.0874. The average Bonchev–Trinajstić information content (AvgIpc) is 3.06. The molecule has 22 heavy (non-hydrogen) atoms. The van der Waals surface area contributed by atoms with Crippen molar-refractivity contribution in [3.8, 4) is 5.69 Å². The van der Waals surface area contributed by atoms with Crippen molar-refractivity contribution in [3.05, 3.63) is 78.4 Å². The Morgan fingerprint density at radius 3 is 2.59 bits per heavy atom. The third kappa shape index (κ3) is 3.03. The molecule has 0 aliphatic carbocycles. The van der Waals surface area contributed by atoms with Crippen LogP contribution in [0.3, 0.4) is 0 Å². The Labute approximate surface area is 128 Å². The second kappa shape index (κ2) is 6.22. The molecule has 1 aromatic carbocycles. The van der Waals surface area contributed by atoms with Crippen LogP contribution in [0.1, 0.15) is 28.9 Å². The zero-order valence-electron chi connectivity index (χ0n) is 12.2. The van der Waals surface area contributed by atoms with Crippen LogP contribution in [0.15, 0.2) is 67.3 Å². The zero-order valence-corrected chi connectivity index (χ0v) is 12.2. The summed E-state index contributed by atoms with van der Waals surface area (Å²) >= 11 is 0. The molecule has 0 fully saturated rings. The van der Waals surface area contributed by atoms with Gasteiger partial charge in [-0.05, 0) is 36.8 Å². The van der Waals surface area contributed by atoms with Gasteiger partial charge in [0, 0.05) is 18.6 Å². The molecule has 0 radical (unpaired) electrons. The van der Waals surface area contributed by atoms with Crippen molar-refractivity contribution in [2.45, 2.75) is 13.0 Å². The van der Waals surface area contributed by atoms with Gasteiger partial charge in [0.1, 0.15) is 0 Å². The van der Waals surface area contributed by atoms with Gasteiger partial charge in [-0.1, -0.05) is 18.2 Å². The normalized spacial score (nSPS) is 11.9. The molecule has 110 valence electrons. The van der Waals surface area contributed by atoms with Gasteiger partial charge in [-0.25, -0.2) is 4.68 Å². The lowest BCUT2D eigenvalue weighted by molar-refractivity contribution is 0.0940. The maximum Gasteiger partial charge on any atom is 0.254 e. The molecule has 1 amide bonds. The summed E-state index contributed by atoms with van der Waals surface area (Å²) in [6.07, 6.45) is 6.72. The fourth-order valence-corrected chi connectivity index (χ4v) is 2.18. The van der Waals surface area contributed by atoms with Gasteiger partial charge in [0.2, 0.25) is 0 Å². The highest BCUT2D eigenvalue weighted by Crippen LogP contribution is 2.12. The van der Waals surface area contributed by atoms with Crippen LogP contribution in [-0.2, 0) is 0 Å². The van der Waals surface area contributed by atoms with Gasteiger partial charge in [-0.15, -0.1) is 0 Å². The molecule has 0 unspecified atom stereocenters. The molecule has 5 nitrogen and oxygen atoms in total. The summed E-state index contributed by atoms with van der Waals surface area (Å²) in [6.45, 7) is 1.94. The van der Waals surface area contributed by atoms with Gasteiger partial charge < -0.3 is 5.32 Å². The van der Waals surface area contributed by atoms with Gasteiger partial charge in [0.05, 0.1) is 23.5 Å². The molecule has 3 rings (SSSR count). The lowest BCUT2D eigenvalue weighted by Crippen LogP contribution is -2.26. The highest BCUT2D eigenvalue weighted by Gasteiger charge is 2.13. The molecule has 2 aromatic heterocycles. The van der Waals surface area contributed by atoms with Gasteiger partial charge >= 0.3 is 0 Å². The molecule has 1 N–H and O–H groups in total. The van der Waals surface area contributed by atoms with E-state index < -0.39 is 0 Å². The first-order valence-electron chi connectivity index (χ1n) is 7.05. The minimum Gasteiger partial charge on any atom is -0.345 e. The molecule has 1 atom stereocenters. The van der Waals surface area contributed by atoms with Gasteiger partial charge in [0.25, 0.3) is 5.91 Å². The van der Waals surface area contributed by atoms with E-state index in [1.54, 1.807) is 29.5 Å². The van der Waals surface area contributed by atoms with E-state index in [1.807, 2.05) is 49.4 Å². The van der Waals surface area contributed by atoms with Crippen molar-refractivity contribution in [2.24, 2.45) is 0 Å². The van der Waals surface area contributed by atoms with E-state index in [0.717, 1.165) is 11.3 Å². The van der Waals surface area contributed by atoms with E-state index >= 15 is 0 Å². The van der Waals surface area contributed by atoms with Crippen LogP contribution in [0.4, 0.5) is 0 Å². The minimum atomic E-state index is -0.147. The number of hydrogen-bond donors (Lipinski definition) is 1. The number of pyridine rings is 1. The first-order chi connectivity index (χ1) is 10.7. The highest BCUT2D eigenvalue weighted by molar-refractivity contribution is 5.94. The van der Waals surface area contributed by atoms with Crippen molar-refractivity contribution >= 4 is 5.91 Å². The molecule has 0 saturated heterocycles. The summed E-state index contributed by atoms with van der Waals surface area (Å²) in [5, 5.41) is 7.19. The van der Waals surface area contributed by atoms with E-state index in [9.17, 15) is 4.79 Å². The third-order valence-electron chi connectivity index (χ3n) is 3.42. The summed E-state index contributed by atoms with van der Waals surface area (Å²) in [4.78, 5) is 16.3. The maximum atomic E-state index is 12.3. The Morgan fingerprint density at radius 2 is 1.86 bits per heavy atom. The Kier molecular flexibility index (Phi) is 3.96. The van der Waals surface area contributed by atoms with E-state index in [2.05, 4.69) is 15.4 Å². The summed E-state index contributed by atoms with van der Waals surface area (Å²) in [7, 11) is 0. The smallest absolute Gasteiger partial charge is 0.254 e. The van der Waals surface area contributed by atoms with E-state index in [-0.39, 0.29) is 11.9 Å². The Bertz CT molecular complexity index is 753. The van der Waals surface area contributed by atoms with Crippen molar-refractivity contribution < 1.29 is 4.79 Å². The number of para-hydroxylation sites is 1. The number of carbonyl (C=O) groups is 1. The van der Waals surface area contributed by atoms with Crippen LogP contribution in [0, 0.1) is 0 Å². The summed E-state index contributed by atoms with van der Waals surface area (Å²) in [5.41, 5.74) is 2.47. The quantitative estimate of drug-likeness (QED) is 0.804. The van der Waals surface area contributed by atoms with Crippen LogP contribution in [0.25, 0.3) is 5.69 Å². The molecule has 0 saturated carbocycles. The number of nitrogens with zero attached hydrogens (tertiary/aromatic N) is 3. The number of benzene rings is 1. The number of hydrogen-bond acceptors (Lipinski definition) is 3. The SMILES string of the molecule is C[C@H](NC(=O)c1cnn(-c2ccccc2)c1)c1ccncc1. The zero-order chi connectivity index (χ0) is 15.4. The second-order valence-corrected chi connectivity index (χ2v) is 4.98.